The van der Waals surface area contributed by atoms with E-state index < -0.39 is 0 Å². The Hall–Kier alpha value is -0.860. The van der Waals surface area contributed by atoms with Gasteiger partial charge < -0.3 is 0 Å². The predicted octanol–water partition coefficient (Wildman–Crippen LogP) is 3.31. The summed E-state index contributed by atoms with van der Waals surface area (Å²) in [5, 5.41) is 3.71. The van der Waals surface area contributed by atoms with Crippen molar-refractivity contribution in [2.24, 2.45) is 0 Å². The first-order chi connectivity index (χ1) is 8.95. The van der Waals surface area contributed by atoms with Crippen LogP contribution in [0.25, 0.3) is 0 Å². The molecule has 1 aromatic carbocycles. The zero-order valence-corrected chi connectivity index (χ0v) is 11.1. The molecule has 0 amide bonds. The number of rotatable bonds is 2. The molecule has 1 N–H and O–H groups in total. The molecular weight excluding hydrogens is 220 g/mol. The van der Waals surface area contributed by atoms with Crippen molar-refractivity contribution in [3.8, 4) is 0 Å². The molecule has 98 valence electrons. The zero-order chi connectivity index (χ0) is 12.2. The van der Waals surface area contributed by atoms with Crippen molar-refractivity contribution in [2.45, 2.75) is 50.7 Å². The number of benzene rings is 1. The molecule has 1 saturated carbocycles. The average Bonchev–Trinajstić information content (AvgIpc) is 2.49. The standard InChI is InChI=1S/C16H24N2/c1-3-8-14(9-4-1)16-17-12-7-13-18(16)15-10-5-2-6-11-15/h1,3-4,8-9,15-17H,2,5-7,10-13H2. The molecule has 18 heavy (non-hydrogen) atoms. The lowest BCUT2D eigenvalue weighted by Gasteiger charge is -2.43. The van der Waals surface area contributed by atoms with E-state index in [2.05, 4.69) is 40.5 Å². The van der Waals surface area contributed by atoms with E-state index in [4.69, 9.17) is 0 Å². The Morgan fingerprint density at radius 2 is 1.72 bits per heavy atom. The van der Waals surface area contributed by atoms with Crippen LogP contribution in [0.4, 0.5) is 0 Å². The fraction of sp³-hybridized carbons (Fsp3) is 0.625. The van der Waals surface area contributed by atoms with Gasteiger partial charge in [0.05, 0.1) is 6.17 Å². The second-order valence-electron chi connectivity index (χ2n) is 5.65. The summed E-state index contributed by atoms with van der Waals surface area (Å²) < 4.78 is 0. The van der Waals surface area contributed by atoms with Crippen molar-refractivity contribution in [1.29, 1.82) is 0 Å². The summed E-state index contributed by atoms with van der Waals surface area (Å²) in [7, 11) is 0. The van der Waals surface area contributed by atoms with Crippen LogP contribution in [-0.2, 0) is 0 Å². The lowest BCUT2D eigenvalue weighted by molar-refractivity contribution is 0.0598. The second-order valence-corrected chi connectivity index (χ2v) is 5.65. The van der Waals surface area contributed by atoms with Crippen LogP contribution in [0.1, 0.15) is 50.3 Å². The molecule has 2 heteroatoms. The monoisotopic (exact) mass is 244 g/mol. The van der Waals surface area contributed by atoms with E-state index in [-0.39, 0.29) is 0 Å². The molecule has 1 unspecified atom stereocenters. The van der Waals surface area contributed by atoms with Crippen LogP contribution in [0.5, 0.6) is 0 Å². The maximum Gasteiger partial charge on any atom is 0.0863 e. The third-order valence-electron chi connectivity index (χ3n) is 4.42. The van der Waals surface area contributed by atoms with Gasteiger partial charge in [0.2, 0.25) is 0 Å². The molecule has 1 aromatic rings. The molecule has 0 bridgehead atoms. The van der Waals surface area contributed by atoms with Crippen molar-refractivity contribution in [3.63, 3.8) is 0 Å². The van der Waals surface area contributed by atoms with Crippen molar-refractivity contribution < 1.29 is 0 Å². The van der Waals surface area contributed by atoms with Crippen molar-refractivity contribution >= 4 is 0 Å². The van der Waals surface area contributed by atoms with Crippen LogP contribution in [0, 0.1) is 0 Å². The van der Waals surface area contributed by atoms with Crippen LogP contribution in [0.15, 0.2) is 30.3 Å². The first-order valence-corrected chi connectivity index (χ1v) is 7.49. The molecule has 0 radical (unpaired) electrons. The van der Waals surface area contributed by atoms with Crippen molar-refractivity contribution in [2.75, 3.05) is 13.1 Å². The van der Waals surface area contributed by atoms with Gasteiger partial charge in [-0.05, 0) is 31.4 Å². The van der Waals surface area contributed by atoms with E-state index in [9.17, 15) is 0 Å². The Morgan fingerprint density at radius 3 is 2.50 bits per heavy atom. The summed E-state index contributed by atoms with van der Waals surface area (Å²) >= 11 is 0. The molecule has 0 spiro atoms. The highest BCUT2D eigenvalue weighted by molar-refractivity contribution is 5.19. The van der Waals surface area contributed by atoms with Crippen LogP contribution in [0.2, 0.25) is 0 Å². The molecule has 1 saturated heterocycles. The van der Waals surface area contributed by atoms with Gasteiger partial charge >= 0.3 is 0 Å². The van der Waals surface area contributed by atoms with E-state index in [0.29, 0.717) is 6.17 Å². The van der Waals surface area contributed by atoms with Gasteiger partial charge in [-0.15, -0.1) is 0 Å². The smallest absolute Gasteiger partial charge is 0.0863 e. The Morgan fingerprint density at radius 1 is 0.944 bits per heavy atom. The molecule has 2 aliphatic rings. The Labute approximate surface area is 110 Å². The summed E-state index contributed by atoms with van der Waals surface area (Å²) in [6.45, 7) is 2.42. The lowest BCUT2D eigenvalue weighted by atomic mass is 9.92. The third kappa shape index (κ3) is 2.60. The average molecular weight is 244 g/mol. The van der Waals surface area contributed by atoms with Gasteiger partial charge in [-0.1, -0.05) is 49.6 Å². The number of hydrogen-bond donors (Lipinski definition) is 1. The van der Waals surface area contributed by atoms with Gasteiger partial charge in [0.1, 0.15) is 0 Å². The SMILES string of the molecule is c1ccc(C2NCCCN2C2CCCCC2)cc1. The molecular formula is C16H24N2. The van der Waals surface area contributed by atoms with Gasteiger partial charge in [-0.25, -0.2) is 0 Å². The molecule has 3 rings (SSSR count). The predicted molar refractivity (Wildman–Crippen MR) is 75.4 cm³/mol. The molecule has 0 aromatic heterocycles. The van der Waals surface area contributed by atoms with E-state index in [1.165, 1.54) is 50.6 Å². The maximum atomic E-state index is 3.71. The minimum Gasteiger partial charge on any atom is -0.298 e. The highest BCUT2D eigenvalue weighted by atomic mass is 15.3. The molecule has 1 aliphatic heterocycles. The normalized spacial score (nSPS) is 27.2. The van der Waals surface area contributed by atoms with Gasteiger partial charge in [0, 0.05) is 12.6 Å². The summed E-state index contributed by atoms with van der Waals surface area (Å²) in [5.74, 6) is 0. The highest BCUT2D eigenvalue weighted by Gasteiger charge is 2.30. The highest BCUT2D eigenvalue weighted by Crippen LogP contribution is 2.30. The van der Waals surface area contributed by atoms with Crippen LogP contribution in [0.3, 0.4) is 0 Å². The topological polar surface area (TPSA) is 15.3 Å². The van der Waals surface area contributed by atoms with Gasteiger partial charge in [-0.3, -0.25) is 10.2 Å². The first kappa shape index (κ1) is 12.2. The minimum absolute atomic E-state index is 0.447. The summed E-state index contributed by atoms with van der Waals surface area (Å²) in [5.41, 5.74) is 1.43. The van der Waals surface area contributed by atoms with E-state index in [1.807, 2.05) is 0 Å². The van der Waals surface area contributed by atoms with Crippen LogP contribution in [-0.4, -0.2) is 24.0 Å². The third-order valence-corrected chi connectivity index (χ3v) is 4.42. The van der Waals surface area contributed by atoms with Gasteiger partial charge in [0.25, 0.3) is 0 Å². The van der Waals surface area contributed by atoms with Crippen molar-refractivity contribution in [1.82, 2.24) is 10.2 Å². The first-order valence-electron chi connectivity index (χ1n) is 7.49. The lowest BCUT2D eigenvalue weighted by Crippen LogP contribution is -2.50. The Kier molecular flexibility index (Phi) is 3.96. The largest absolute Gasteiger partial charge is 0.298 e. The summed E-state index contributed by atoms with van der Waals surface area (Å²) in [4.78, 5) is 2.72. The number of nitrogens with one attached hydrogen (secondary N) is 1. The number of nitrogens with zero attached hydrogens (tertiary/aromatic N) is 1. The summed E-state index contributed by atoms with van der Waals surface area (Å²) in [6.07, 6.45) is 8.80. The molecule has 2 fully saturated rings. The molecule has 1 heterocycles. The molecule has 1 aliphatic carbocycles. The van der Waals surface area contributed by atoms with Gasteiger partial charge in [-0.2, -0.15) is 0 Å². The Bertz CT molecular complexity index is 357. The fourth-order valence-corrected chi connectivity index (χ4v) is 3.50. The van der Waals surface area contributed by atoms with Crippen molar-refractivity contribution in [3.05, 3.63) is 35.9 Å². The van der Waals surface area contributed by atoms with E-state index >= 15 is 0 Å². The minimum atomic E-state index is 0.447. The number of hydrogen-bond acceptors (Lipinski definition) is 2. The Balaban J connectivity index is 1.77. The quantitative estimate of drug-likeness (QED) is 0.858. The summed E-state index contributed by atoms with van der Waals surface area (Å²) in [6, 6.07) is 11.8. The van der Waals surface area contributed by atoms with E-state index in [1.54, 1.807) is 0 Å². The van der Waals surface area contributed by atoms with Crippen LogP contribution < -0.4 is 5.32 Å². The fourth-order valence-electron chi connectivity index (χ4n) is 3.50. The van der Waals surface area contributed by atoms with Crippen LogP contribution >= 0.6 is 0 Å². The van der Waals surface area contributed by atoms with E-state index in [0.717, 1.165) is 12.6 Å². The molecule has 2 nitrogen and oxygen atoms in total. The molecule has 1 atom stereocenters. The maximum absolute atomic E-state index is 3.71. The second kappa shape index (κ2) is 5.85. The zero-order valence-electron chi connectivity index (χ0n) is 11.1. The van der Waals surface area contributed by atoms with Gasteiger partial charge in [0.15, 0.2) is 0 Å².